The predicted octanol–water partition coefficient (Wildman–Crippen LogP) is 2.52. The summed E-state index contributed by atoms with van der Waals surface area (Å²) in [6, 6.07) is 5.51. The molecule has 1 aromatic carbocycles. The molecule has 0 amide bonds. The van der Waals surface area contributed by atoms with Crippen molar-refractivity contribution in [2.24, 2.45) is 0 Å². The summed E-state index contributed by atoms with van der Waals surface area (Å²) in [4.78, 5) is 10.4. The van der Waals surface area contributed by atoms with Gasteiger partial charge in [-0.05, 0) is 35.8 Å². The van der Waals surface area contributed by atoms with Crippen LogP contribution in [0.4, 0.5) is 0 Å². The lowest BCUT2D eigenvalue weighted by molar-refractivity contribution is -0.131. The van der Waals surface area contributed by atoms with Crippen LogP contribution < -0.4 is 4.74 Å². The number of carbonyl (C=O) groups is 1. The quantitative estimate of drug-likeness (QED) is 0.610. The maximum atomic E-state index is 10.4. The van der Waals surface area contributed by atoms with Gasteiger partial charge in [-0.1, -0.05) is 12.1 Å². The fourth-order valence-electron chi connectivity index (χ4n) is 1.37. The first kappa shape index (κ1) is 12.0. The summed E-state index contributed by atoms with van der Waals surface area (Å²) >= 11 is 0. The van der Waals surface area contributed by atoms with Crippen molar-refractivity contribution in [3.05, 3.63) is 48.1 Å². The molecule has 0 spiro atoms. The van der Waals surface area contributed by atoms with Crippen LogP contribution in [0.1, 0.15) is 11.1 Å². The van der Waals surface area contributed by atoms with Gasteiger partial charge in [0.15, 0.2) is 0 Å². The monoisotopic (exact) mass is 218 g/mol. The zero-order valence-corrected chi connectivity index (χ0v) is 9.14. The van der Waals surface area contributed by atoms with Crippen molar-refractivity contribution in [2.75, 3.05) is 7.11 Å². The minimum atomic E-state index is -0.958. The summed E-state index contributed by atoms with van der Waals surface area (Å²) < 4.78 is 5.11. The number of hydrogen-bond acceptors (Lipinski definition) is 2. The summed E-state index contributed by atoms with van der Waals surface area (Å²) in [6.45, 7) is 3.67. The van der Waals surface area contributed by atoms with E-state index in [1.807, 2.05) is 12.1 Å². The highest BCUT2D eigenvalue weighted by molar-refractivity contribution is 5.85. The van der Waals surface area contributed by atoms with Crippen LogP contribution in [-0.4, -0.2) is 18.2 Å². The fraction of sp³-hybridized carbons (Fsp3) is 0.154. The van der Waals surface area contributed by atoms with Crippen molar-refractivity contribution in [2.45, 2.75) is 6.42 Å². The first-order valence-corrected chi connectivity index (χ1v) is 4.86. The average Bonchev–Trinajstić information content (AvgIpc) is 2.27. The molecule has 0 atom stereocenters. The third kappa shape index (κ3) is 3.28. The number of carboxylic acids is 1. The van der Waals surface area contributed by atoms with Crippen molar-refractivity contribution >= 4 is 12.0 Å². The van der Waals surface area contributed by atoms with Gasteiger partial charge in [0.25, 0.3) is 0 Å². The summed E-state index contributed by atoms with van der Waals surface area (Å²) in [6.07, 6.45) is 5.14. The van der Waals surface area contributed by atoms with Crippen LogP contribution in [0.2, 0.25) is 0 Å². The molecule has 0 aromatic heterocycles. The highest BCUT2D eigenvalue weighted by Crippen LogP contribution is 2.19. The number of ether oxygens (including phenoxy) is 1. The van der Waals surface area contributed by atoms with Crippen LogP contribution in [0.15, 0.2) is 36.9 Å². The maximum absolute atomic E-state index is 10.4. The van der Waals surface area contributed by atoms with Gasteiger partial charge in [-0.15, -0.1) is 6.58 Å². The lowest BCUT2D eigenvalue weighted by atomic mass is 10.0. The molecule has 1 aromatic rings. The zero-order valence-electron chi connectivity index (χ0n) is 9.14. The second kappa shape index (κ2) is 5.75. The molecule has 1 rings (SSSR count). The van der Waals surface area contributed by atoms with Crippen molar-refractivity contribution < 1.29 is 14.6 Å². The lowest BCUT2D eigenvalue weighted by Crippen LogP contribution is -1.92. The maximum Gasteiger partial charge on any atom is 0.328 e. The molecule has 0 bridgehead atoms. The molecule has 0 unspecified atom stereocenters. The molecule has 0 radical (unpaired) electrons. The molecule has 0 saturated carbocycles. The molecule has 0 aliphatic carbocycles. The Balaban J connectivity index is 3.06. The molecule has 3 heteroatoms. The molecule has 84 valence electrons. The fourth-order valence-corrected chi connectivity index (χ4v) is 1.37. The topological polar surface area (TPSA) is 46.5 Å². The molecule has 16 heavy (non-hydrogen) atoms. The Morgan fingerprint density at radius 1 is 1.56 bits per heavy atom. The molecule has 0 aliphatic rings. The van der Waals surface area contributed by atoms with E-state index in [0.29, 0.717) is 6.42 Å². The second-order valence-electron chi connectivity index (χ2n) is 3.23. The Morgan fingerprint density at radius 3 is 2.88 bits per heavy atom. The van der Waals surface area contributed by atoms with E-state index in [0.717, 1.165) is 23.0 Å². The van der Waals surface area contributed by atoms with E-state index in [1.54, 1.807) is 25.3 Å². The van der Waals surface area contributed by atoms with Gasteiger partial charge in [0.05, 0.1) is 7.11 Å². The van der Waals surface area contributed by atoms with Crippen LogP contribution in [0.3, 0.4) is 0 Å². The van der Waals surface area contributed by atoms with Gasteiger partial charge in [0, 0.05) is 6.08 Å². The number of carboxylic acid groups (broad SMARTS) is 1. The highest BCUT2D eigenvalue weighted by Gasteiger charge is 2.01. The molecule has 0 aliphatic heterocycles. The minimum absolute atomic E-state index is 0.677. The zero-order chi connectivity index (χ0) is 12.0. The van der Waals surface area contributed by atoms with E-state index in [-0.39, 0.29) is 0 Å². The van der Waals surface area contributed by atoms with Crippen LogP contribution >= 0.6 is 0 Å². The van der Waals surface area contributed by atoms with Crippen molar-refractivity contribution in [3.63, 3.8) is 0 Å². The van der Waals surface area contributed by atoms with E-state index in [1.165, 1.54) is 0 Å². The van der Waals surface area contributed by atoms with Crippen molar-refractivity contribution in [1.29, 1.82) is 0 Å². The molecular weight excluding hydrogens is 204 g/mol. The average molecular weight is 218 g/mol. The Hall–Kier alpha value is -2.03. The van der Waals surface area contributed by atoms with E-state index in [4.69, 9.17) is 9.84 Å². The normalized spacial score (nSPS) is 10.3. The predicted molar refractivity (Wildman–Crippen MR) is 63.6 cm³/mol. The number of aliphatic carboxylic acids is 1. The van der Waals surface area contributed by atoms with E-state index in [9.17, 15) is 4.79 Å². The molecular formula is C13H14O3. The third-order valence-electron chi connectivity index (χ3n) is 2.12. The Labute approximate surface area is 94.7 Å². The van der Waals surface area contributed by atoms with Crippen LogP contribution in [-0.2, 0) is 11.2 Å². The first-order chi connectivity index (χ1) is 7.67. The number of hydrogen-bond donors (Lipinski definition) is 1. The molecule has 0 saturated heterocycles. The summed E-state index contributed by atoms with van der Waals surface area (Å²) in [5, 5.41) is 8.56. The van der Waals surface area contributed by atoms with E-state index >= 15 is 0 Å². The van der Waals surface area contributed by atoms with Gasteiger partial charge < -0.3 is 9.84 Å². The van der Waals surface area contributed by atoms with Crippen molar-refractivity contribution in [1.82, 2.24) is 0 Å². The number of methoxy groups -OCH3 is 1. The summed E-state index contributed by atoms with van der Waals surface area (Å²) in [5.41, 5.74) is 1.86. The minimum Gasteiger partial charge on any atom is -0.497 e. The third-order valence-corrected chi connectivity index (χ3v) is 2.12. The van der Waals surface area contributed by atoms with Gasteiger partial charge in [-0.25, -0.2) is 4.79 Å². The Bertz CT molecular complexity index is 419. The molecule has 3 nitrogen and oxygen atoms in total. The first-order valence-electron chi connectivity index (χ1n) is 4.86. The van der Waals surface area contributed by atoms with Gasteiger partial charge >= 0.3 is 5.97 Å². The van der Waals surface area contributed by atoms with Crippen molar-refractivity contribution in [3.8, 4) is 5.75 Å². The van der Waals surface area contributed by atoms with Gasteiger partial charge in [-0.2, -0.15) is 0 Å². The van der Waals surface area contributed by atoms with E-state index < -0.39 is 5.97 Å². The standard InChI is InChI=1S/C13H14O3/c1-3-4-11-9-12(16-2)7-5-10(11)6-8-13(14)15/h3,5-9H,1,4H2,2H3,(H,14,15). The highest BCUT2D eigenvalue weighted by atomic mass is 16.5. The lowest BCUT2D eigenvalue weighted by Gasteiger charge is -2.06. The largest absolute Gasteiger partial charge is 0.497 e. The van der Waals surface area contributed by atoms with Gasteiger partial charge in [0.2, 0.25) is 0 Å². The molecule has 1 N–H and O–H groups in total. The van der Waals surface area contributed by atoms with Gasteiger partial charge in [0.1, 0.15) is 5.75 Å². The smallest absolute Gasteiger partial charge is 0.328 e. The summed E-state index contributed by atoms with van der Waals surface area (Å²) in [5.74, 6) is -0.204. The van der Waals surface area contributed by atoms with Gasteiger partial charge in [-0.3, -0.25) is 0 Å². The number of rotatable bonds is 5. The Morgan fingerprint density at radius 2 is 2.31 bits per heavy atom. The Kier molecular flexibility index (Phi) is 4.33. The summed E-state index contributed by atoms with van der Waals surface area (Å²) in [7, 11) is 1.60. The van der Waals surface area contributed by atoms with Crippen LogP contribution in [0, 0.1) is 0 Å². The SMILES string of the molecule is C=CCc1cc(OC)ccc1C=CC(=O)O. The van der Waals surface area contributed by atoms with Crippen LogP contribution in [0.25, 0.3) is 6.08 Å². The molecule has 0 heterocycles. The second-order valence-corrected chi connectivity index (χ2v) is 3.23. The number of allylic oxidation sites excluding steroid dienone is 1. The molecule has 0 fully saturated rings. The number of benzene rings is 1. The van der Waals surface area contributed by atoms with E-state index in [2.05, 4.69) is 6.58 Å². The van der Waals surface area contributed by atoms with Crippen LogP contribution in [0.5, 0.6) is 5.75 Å².